The van der Waals surface area contributed by atoms with E-state index in [-0.39, 0.29) is 5.75 Å². The molecule has 1 aromatic carbocycles. The minimum absolute atomic E-state index is 0.0307. The molecule has 2 aromatic heterocycles. The molecule has 5 rings (SSSR count). The number of anilines is 4. The SMILES string of the molecule is Cc1cc(Nc2ncc3c(n2)CN(c2cnc4c(c2C)NCCO4)CC3)ccc1CS(C)(=O)=O. The number of ether oxygens (including phenoxy) is 1. The van der Waals surface area contributed by atoms with E-state index in [1.165, 1.54) is 6.26 Å². The minimum Gasteiger partial charge on any atom is -0.474 e. The van der Waals surface area contributed by atoms with E-state index in [0.29, 0.717) is 25.0 Å². The van der Waals surface area contributed by atoms with Gasteiger partial charge in [0.15, 0.2) is 9.84 Å². The zero-order valence-electron chi connectivity index (χ0n) is 19.6. The number of nitrogens with one attached hydrogen (secondary N) is 2. The van der Waals surface area contributed by atoms with E-state index in [9.17, 15) is 8.42 Å². The number of benzene rings is 1. The molecular formula is C24H28N6O3S. The maximum atomic E-state index is 11.6. The molecule has 0 saturated heterocycles. The minimum atomic E-state index is -3.08. The molecule has 4 heterocycles. The summed E-state index contributed by atoms with van der Waals surface area (Å²) >= 11 is 0. The highest BCUT2D eigenvalue weighted by Crippen LogP contribution is 2.36. The predicted octanol–water partition coefficient (Wildman–Crippen LogP) is 3.14. The number of hydrogen-bond acceptors (Lipinski definition) is 9. The summed E-state index contributed by atoms with van der Waals surface area (Å²) in [6.45, 7) is 6.94. The molecule has 10 heteroatoms. The number of nitrogens with zero attached hydrogens (tertiary/aromatic N) is 4. The summed E-state index contributed by atoms with van der Waals surface area (Å²) in [6, 6.07) is 5.62. The van der Waals surface area contributed by atoms with Crippen molar-refractivity contribution in [1.82, 2.24) is 15.0 Å². The number of aryl methyl sites for hydroxylation is 1. The van der Waals surface area contributed by atoms with Crippen molar-refractivity contribution in [3.05, 3.63) is 58.5 Å². The fraction of sp³-hybridized carbons (Fsp3) is 0.375. The fourth-order valence-corrected chi connectivity index (χ4v) is 5.33. The van der Waals surface area contributed by atoms with Gasteiger partial charge in [0, 0.05) is 36.8 Å². The molecule has 34 heavy (non-hydrogen) atoms. The third-order valence-corrected chi connectivity index (χ3v) is 7.06. The van der Waals surface area contributed by atoms with Gasteiger partial charge in [-0.2, -0.15) is 0 Å². The van der Waals surface area contributed by atoms with Crippen molar-refractivity contribution in [2.45, 2.75) is 32.6 Å². The first-order valence-electron chi connectivity index (χ1n) is 11.3. The Balaban J connectivity index is 1.35. The third kappa shape index (κ3) is 4.63. The molecule has 0 saturated carbocycles. The number of pyridine rings is 1. The fourth-order valence-electron chi connectivity index (χ4n) is 4.45. The Morgan fingerprint density at radius 2 is 2.06 bits per heavy atom. The highest BCUT2D eigenvalue weighted by molar-refractivity contribution is 7.89. The molecule has 0 spiro atoms. The zero-order chi connectivity index (χ0) is 23.9. The summed E-state index contributed by atoms with van der Waals surface area (Å²) in [4.78, 5) is 16.1. The van der Waals surface area contributed by atoms with Crippen LogP contribution >= 0.6 is 0 Å². The monoisotopic (exact) mass is 480 g/mol. The van der Waals surface area contributed by atoms with Crippen LogP contribution in [0.4, 0.5) is 23.0 Å². The van der Waals surface area contributed by atoms with Gasteiger partial charge in [0.2, 0.25) is 11.8 Å². The summed E-state index contributed by atoms with van der Waals surface area (Å²) in [5.74, 6) is 1.21. The smallest absolute Gasteiger partial charge is 0.237 e. The van der Waals surface area contributed by atoms with E-state index in [2.05, 4.69) is 32.4 Å². The second-order valence-electron chi connectivity index (χ2n) is 8.90. The first kappa shape index (κ1) is 22.4. The van der Waals surface area contributed by atoms with Crippen LogP contribution in [0.25, 0.3) is 0 Å². The Morgan fingerprint density at radius 3 is 2.85 bits per heavy atom. The maximum absolute atomic E-state index is 11.6. The molecule has 0 bridgehead atoms. The summed E-state index contributed by atoms with van der Waals surface area (Å²) < 4.78 is 28.9. The van der Waals surface area contributed by atoms with Crippen LogP contribution in [-0.2, 0) is 28.6 Å². The Morgan fingerprint density at radius 1 is 1.21 bits per heavy atom. The van der Waals surface area contributed by atoms with Crippen LogP contribution in [0, 0.1) is 13.8 Å². The van der Waals surface area contributed by atoms with Crippen molar-refractivity contribution in [3.8, 4) is 5.88 Å². The average Bonchev–Trinajstić information content (AvgIpc) is 2.80. The van der Waals surface area contributed by atoms with Gasteiger partial charge in [0.25, 0.3) is 0 Å². The van der Waals surface area contributed by atoms with Crippen LogP contribution in [0.1, 0.15) is 27.9 Å². The number of aromatic nitrogens is 3. The van der Waals surface area contributed by atoms with E-state index < -0.39 is 9.84 Å². The lowest BCUT2D eigenvalue weighted by Crippen LogP contribution is -2.32. The van der Waals surface area contributed by atoms with Gasteiger partial charge >= 0.3 is 0 Å². The lowest BCUT2D eigenvalue weighted by Gasteiger charge is -2.32. The van der Waals surface area contributed by atoms with Crippen LogP contribution in [-0.4, -0.2) is 49.3 Å². The summed E-state index contributed by atoms with van der Waals surface area (Å²) in [5, 5.41) is 6.67. The quantitative estimate of drug-likeness (QED) is 0.569. The molecule has 178 valence electrons. The lowest BCUT2D eigenvalue weighted by atomic mass is 10.0. The van der Waals surface area contributed by atoms with E-state index in [1.54, 1.807) is 0 Å². The molecule has 2 aliphatic heterocycles. The standard InChI is InChI=1S/C24H28N6O3S/c1-15-10-19(5-4-18(15)14-34(3,31)32)28-24-27-11-17-6-8-30(13-20(17)29-24)21-12-26-23-22(16(21)2)25-7-9-33-23/h4-5,10-12,25H,6-9,13-14H2,1-3H3,(H,27,28,29). The van der Waals surface area contributed by atoms with Crippen LogP contribution in [0.15, 0.2) is 30.6 Å². The predicted molar refractivity (Wildman–Crippen MR) is 133 cm³/mol. The maximum Gasteiger partial charge on any atom is 0.237 e. The van der Waals surface area contributed by atoms with Crippen molar-refractivity contribution in [2.24, 2.45) is 0 Å². The Labute approximate surface area is 199 Å². The molecule has 0 unspecified atom stereocenters. The Kier molecular flexibility index (Phi) is 5.76. The molecule has 0 radical (unpaired) electrons. The van der Waals surface area contributed by atoms with Crippen molar-refractivity contribution >= 4 is 32.8 Å². The van der Waals surface area contributed by atoms with Gasteiger partial charge in [0.1, 0.15) is 12.3 Å². The normalized spacial score (nSPS) is 15.1. The van der Waals surface area contributed by atoms with Crippen LogP contribution in [0.3, 0.4) is 0 Å². The number of hydrogen-bond donors (Lipinski definition) is 2. The van der Waals surface area contributed by atoms with Crippen molar-refractivity contribution in [2.75, 3.05) is 41.5 Å². The van der Waals surface area contributed by atoms with Crippen LogP contribution in [0.2, 0.25) is 0 Å². The lowest BCUT2D eigenvalue weighted by molar-refractivity contribution is 0.310. The molecule has 2 N–H and O–H groups in total. The first-order valence-corrected chi connectivity index (χ1v) is 13.3. The van der Waals surface area contributed by atoms with E-state index in [0.717, 1.165) is 64.5 Å². The molecule has 0 fully saturated rings. The van der Waals surface area contributed by atoms with Gasteiger partial charge in [-0.3, -0.25) is 0 Å². The number of fused-ring (bicyclic) bond motifs is 2. The average molecular weight is 481 g/mol. The largest absolute Gasteiger partial charge is 0.474 e. The molecule has 0 amide bonds. The highest BCUT2D eigenvalue weighted by Gasteiger charge is 2.24. The van der Waals surface area contributed by atoms with Crippen molar-refractivity contribution in [1.29, 1.82) is 0 Å². The van der Waals surface area contributed by atoms with Gasteiger partial charge in [-0.1, -0.05) is 6.07 Å². The number of rotatable bonds is 5. The molecular weight excluding hydrogens is 452 g/mol. The van der Waals surface area contributed by atoms with Gasteiger partial charge in [-0.25, -0.2) is 23.4 Å². The van der Waals surface area contributed by atoms with Gasteiger partial charge in [0.05, 0.1) is 29.9 Å². The van der Waals surface area contributed by atoms with Crippen molar-refractivity contribution < 1.29 is 13.2 Å². The zero-order valence-corrected chi connectivity index (χ0v) is 20.4. The molecule has 3 aromatic rings. The van der Waals surface area contributed by atoms with E-state index in [1.807, 2.05) is 37.5 Å². The van der Waals surface area contributed by atoms with Crippen molar-refractivity contribution in [3.63, 3.8) is 0 Å². The molecule has 0 atom stereocenters. The third-order valence-electron chi connectivity index (χ3n) is 6.22. The topological polar surface area (TPSA) is 109 Å². The summed E-state index contributed by atoms with van der Waals surface area (Å²) in [6.07, 6.45) is 5.87. The van der Waals surface area contributed by atoms with Crippen LogP contribution < -0.4 is 20.3 Å². The molecule has 0 aliphatic carbocycles. The summed E-state index contributed by atoms with van der Waals surface area (Å²) in [7, 11) is -3.08. The molecule has 2 aliphatic rings. The van der Waals surface area contributed by atoms with Gasteiger partial charge < -0.3 is 20.3 Å². The summed E-state index contributed by atoms with van der Waals surface area (Å²) in [5.41, 5.74) is 7.83. The number of sulfone groups is 1. The molecule has 9 nitrogen and oxygen atoms in total. The second-order valence-corrected chi connectivity index (χ2v) is 11.0. The van der Waals surface area contributed by atoms with E-state index in [4.69, 9.17) is 9.72 Å². The second kappa shape index (κ2) is 8.75. The Hall–Kier alpha value is -3.40. The first-order chi connectivity index (χ1) is 16.3. The van der Waals surface area contributed by atoms with Crippen LogP contribution in [0.5, 0.6) is 5.88 Å². The highest BCUT2D eigenvalue weighted by atomic mass is 32.2. The van der Waals surface area contributed by atoms with Gasteiger partial charge in [-0.15, -0.1) is 0 Å². The van der Waals surface area contributed by atoms with Gasteiger partial charge in [-0.05, 0) is 49.1 Å². The Bertz CT molecular complexity index is 1360. The van der Waals surface area contributed by atoms with E-state index >= 15 is 0 Å².